The highest BCUT2D eigenvalue weighted by molar-refractivity contribution is 5.95. The Morgan fingerprint density at radius 3 is 2.27 bits per heavy atom. The Balaban J connectivity index is 1.82. The lowest BCUT2D eigenvalue weighted by Crippen LogP contribution is -2.57. The van der Waals surface area contributed by atoms with Crippen molar-refractivity contribution in [2.24, 2.45) is 11.8 Å². The first-order valence-corrected chi connectivity index (χ1v) is 10.8. The summed E-state index contributed by atoms with van der Waals surface area (Å²) >= 11 is 0. The van der Waals surface area contributed by atoms with Crippen LogP contribution in [0.1, 0.15) is 51.2 Å². The van der Waals surface area contributed by atoms with Gasteiger partial charge in [0.2, 0.25) is 0 Å². The molecule has 0 aromatic heterocycles. The standard InChI is InChI=1S/C26H31NO3/c1-17(18-11-7-5-8-12-18)22-23-20(24(29)30-25(2,3)4)15-26(22,21(28)16-27-23)19-13-9-6-10-14-19/h5-14,17,20,22-23,27H,15-16H2,1-4H3/t17?,20?,22?,23?,26-/m0/s1. The molecule has 4 unspecified atom stereocenters. The number of esters is 1. The van der Waals surface area contributed by atoms with Gasteiger partial charge in [0, 0.05) is 6.04 Å². The zero-order valence-corrected chi connectivity index (χ0v) is 18.2. The molecule has 1 saturated carbocycles. The Morgan fingerprint density at radius 1 is 1.07 bits per heavy atom. The maximum absolute atomic E-state index is 13.6. The minimum absolute atomic E-state index is 0.0268. The molecule has 30 heavy (non-hydrogen) atoms. The lowest BCUT2D eigenvalue weighted by Gasteiger charge is -2.44. The number of nitrogens with one attached hydrogen (secondary N) is 1. The highest BCUT2D eigenvalue weighted by Crippen LogP contribution is 2.56. The molecule has 0 radical (unpaired) electrons. The predicted octanol–water partition coefficient (Wildman–Crippen LogP) is 4.25. The van der Waals surface area contributed by atoms with Gasteiger partial charge in [0.1, 0.15) is 5.60 Å². The number of ketones is 1. The van der Waals surface area contributed by atoms with Crippen LogP contribution in [0.3, 0.4) is 0 Å². The van der Waals surface area contributed by atoms with E-state index in [0.29, 0.717) is 6.42 Å². The number of ether oxygens (including phenoxy) is 1. The Hall–Kier alpha value is -2.46. The number of carbonyl (C=O) groups excluding carboxylic acids is 2. The second kappa shape index (κ2) is 7.66. The minimum atomic E-state index is -0.687. The second-order valence-corrected chi connectivity index (χ2v) is 9.74. The average molecular weight is 406 g/mol. The van der Waals surface area contributed by atoms with Crippen molar-refractivity contribution in [2.45, 2.75) is 57.1 Å². The zero-order valence-electron chi connectivity index (χ0n) is 18.2. The SMILES string of the molecule is CC(c1ccccc1)C1C2NCC(=O)[C@@]1(c1ccccc1)CC2C(=O)OC(C)(C)C. The Bertz CT molecular complexity index is 918. The molecule has 4 nitrogen and oxygen atoms in total. The van der Waals surface area contributed by atoms with E-state index < -0.39 is 11.0 Å². The van der Waals surface area contributed by atoms with Gasteiger partial charge in [-0.15, -0.1) is 0 Å². The van der Waals surface area contributed by atoms with E-state index in [1.54, 1.807) is 0 Å². The van der Waals surface area contributed by atoms with Crippen LogP contribution in [0.15, 0.2) is 60.7 Å². The van der Waals surface area contributed by atoms with Crippen molar-refractivity contribution in [3.63, 3.8) is 0 Å². The number of hydrogen-bond donors (Lipinski definition) is 1. The third-order valence-electron chi connectivity index (χ3n) is 6.79. The number of hydrogen-bond acceptors (Lipinski definition) is 4. The molecule has 158 valence electrons. The van der Waals surface area contributed by atoms with Crippen LogP contribution in [0.4, 0.5) is 0 Å². The Kier molecular flexibility index (Phi) is 5.31. The van der Waals surface area contributed by atoms with Crippen molar-refractivity contribution in [1.82, 2.24) is 5.32 Å². The first-order valence-electron chi connectivity index (χ1n) is 10.8. The molecule has 0 amide bonds. The fourth-order valence-electron chi connectivity index (χ4n) is 5.62. The van der Waals surface area contributed by atoms with Gasteiger partial charge in [0.15, 0.2) is 5.78 Å². The summed E-state index contributed by atoms with van der Waals surface area (Å²) in [6, 6.07) is 20.2. The van der Waals surface area contributed by atoms with E-state index in [2.05, 4.69) is 24.4 Å². The van der Waals surface area contributed by atoms with Gasteiger partial charge in [-0.25, -0.2) is 0 Å². The van der Waals surface area contributed by atoms with Gasteiger partial charge in [-0.05, 0) is 50.2 Å². The summed E-state index contributed by atoms with van der Waals surface area (Å²) in [5, 5.41) is 3.42. The van der Waals surface area contributed by atoms with E-state index in [1.807, 2.05) is 69.3 Å². The van der Waals surface area contributed by atoms with Gasteiger partial charge in [0.05, 0.1) is 17.9 Å². The molecule has 5 atom stereocenters. The van der Waals surface area contributed by atoms with Crippen molar-refractivity contribution in [3.05, 3.63) is 71.8 Å². The van der Waals surface area contributed by atoms with Crippen molar-refractivity contribution >= 4 is 11.8 Å². The summed E-state index contributed by atoms with van der Waals surface area (Å²) in [4.78, 5) is 26.8. The number of piperidine rings is 1. The smallest absolute Gasteiger partial charge is 0.311 e. The first kappa shape index (κ1) is 20.8. The molecule has 1 heterocycles. The van der Waals surface area contributed by atoms with E-state index in [1.165, 1.54) is 5.56 Å². The number of fused-ring (bicyclic) bond motifs is 2. The van der Waals surface area contributed by atoms with Gasteiger partial charge < -0.3 is 10.1 Å². The van der Waals surface area contributed by atoms with E-state index >= 15 is 0 Å². The molecule has 2 aromatic rings. The highest BCUT2D eigenvalue weighted by Gasteiger charge is 2.64. The molecule has 2 aromatic carbocycles. The summed E-state index contributed by atoms with van der Waals surface area (Å²) in [6.07, 6.45) is 0.490. The average Bonchev–Trinajstić information content (AvgIpc) is 3.00. The molecule has 1 N–H and O–H groups in total. The van der Waals surface area contributed by atoms with Crippen LogP contribution in [-0.2, 0) is 19.7 Å². The van der Waals surface area contributed by atoms with Crippen LogP contribution in [0.25, 0.3) is 0 Å². The lowest BCUT2D eigenvalue weighted by molar-refractivity contribution is -0.160. The zero-order chi connectivity index (χ0) is 21.5. The molecule has 4 heteroatoms. The van der Waals surface area contributed by atoms with Crippen LogP contribution in [0.5, 0.6) is 0 Å². The van der Waals surface area contributed by atoms with Gasteiger partial charge in [-0.2, -0.15) is 0 Å². The molecule has 4 rings (SSSR count). The Morgan fingerprint density at radius 2 is 1.67 bits per heavy atom. The molecular formula is C26H31NO3. The van der Waals surface area contributed by atoms with Crippen molar-refractivity contribution in [2.75, 3.05) is 6.54 Å². The van der Waals surface area contributed by atoms with Crippen molar-refractivity contribution in [3.8, 4) is 0 Å². The third-order valence-corrected chi connectivity index (χ3v) is 6.79. The minimum Gasteiger partial charge on any atom is -0.460 e. The number of rotatable bonds is 4. The number of Topliss-reactive ketones (excluding diaryl/α,β-unsaturated/α-hetero) is 1. The van der Waals surface area contributed by atoms with Crippen LogP contribution in [0.2, 0.25) is 0 Å². The monoisotopic (exact) mass is 405 g/mol. The second-order valence-electron chi connectivity index (χ2n) is 9.74. The van der Waals surface area contributed by atoms with Crippen LogP contribution >= 0.6 is 0 Å². The molecule has 0 spiro atoms. The van der Waals surface area contributed by atoms with E-state index in [-0.39, 0.29) is 42.1 Å². The molecule has 1 saturated heterocycles. The van der Waals surface area contributed by atoms with Gasteiger partial charge >= 0.3 is 5.97 Å². The van der Waals surface area contributed by atoms with Crippen LogP contribution in [0, 0.1) is 11.8 Å². The summed E-state index contributed by atoms with van der Waals surface area (Å²) in [7, 11) is 0. The largest absolute Gasteiger partial charge is 0.460 e. The Labute approximate surface area is 179 Å². The van der Waals surface area contributed by atoms with Gasteiger partial charge in [0.25, 0.3) is 0 Å². The van der Waals surface area contributed by atoms with E-state index in [4.69, 9.17) is 4.74 Å². The summed E-state index contributed by atoms with van der Waals surface area (Å²) in [5.74, 6) is -0.310. The normalized spacial score (nSPS) is 29.5. The molecule has 2 bridgehead atoms. The topological polar surface area (TPSA) is 55.4 Å². The van der Waals surface area contributed by atoms with Crippen molar-refractivity contribution in [1.29, 1.82) is 0 Å². The maximum atomic E-state index is 13.6. The quantitative estimate of drug-likeness (QED) is 0.773. The van der Waals surface area contributed by atoms with Gasteiger partial charge in [-0.1, -0.05) is 67.6 Å². The van der Waals surface area contributed by atoms with Crippen LogP contribution in [-0.4, -0.2) is 29.9 Å². The van der Waals surface area contributed by atoms with E-state index in [9.17, 15) is 9.59 Å². The lowest BCUT2D eigenvalue weighted by atomic mass is 9.62. The van der Waals surface area contributed by atoms with E-state index in [0.717, 1.165) is 5.56 Å². The van der Waals surface area contributed by atoms with Crippen LogP contribution < -0.4 is 5.32 Å². The first-order chi connectivity index (χ1) is 14.2. The van der Waals surface area contributed by atoms with Gasteiger partial charge in [-0.3, -0.25) is 9.59 Å². The number of carbonyl (C=O) groups is 2. The molecule has 1 aliphatic heterocycles. The maximum Gasteiger partial charge on any atom is 0.311 e. The predicted molar refractivity (Wildman–Crippen MR) is 117 cm³/mol. The molecule has 2 fully saturated rings. The summed E-state index contributed by atoms with van der Waals surface area (Å²) < 4.78 is 5.79. The molecule has 1 aliphatic carbocycles. The fourth-order valence-corrected chi connectivity index (χ4v) is 5.62. The molecule has 2 aliphatic rings. The fraction of sp³-hybridized carbons (Fsp3) is 0.462. The van der Waals surface area contributed by atoms with Crippen molar-refractivity contribution < 1.29 is 14.3 Å². The summed E-state index contributed by atoms with van der Waals surface area (Å²) in [5.41, 5.74) is 0.959. The summed E-state index contributed by atoms with van der Waals surface area (Å²) in [6.45, 7) is 8.14. The highest BCUT2D eigenvalue weighted by atomic mass is 16.6. The number of benzene rings is 2. The third kappa shape index (κ3) is 3.47. The molecular weight excluding hydrogens is 374 g/mol.